The topological polar surface area (TPSA) is 137 Å². The Morgan fingerprint density at radius 2 is 1.88 bits per heavy atom. The number of hydrogen-bond acceptors (Lipinski definition) is 7. The van der Waals surface area contributed by atoms with Crippen molar-refractivity contribution in [1.82, 2.24) is 14.6 Å². The van der Waals surface area contributed by atoms with Crippen molar-refractivity contribution in [2.24, 2.45) is 5.10 Å². The zero-order chi connectivity index (χ0) is 23.9. The largest absolute Gasteiger partial charge is 0.504 e. The van der Waals surface area contributed by atoms with E-state index in [4.69, 9.17) is 16.3 Å². The fourth-order valence-corrected chi connectivity index (χ4v) is 3.85. The molecule has 2 aromatic carbocycles. The summed E-state index contributed by atoms with van der Waals surface area (Å²) in [5.41, 5.74) is -0.922. The summed E-state index contributed by atoms with van der Waals surface area (Å²) in [6, 6.07) is 10.1. The summed E-state index contributed by atoms with van der Waals surface area (Å²) in [5.74, 6) is -0.874. The number of H-pyrrole nitrogens is 1. The molecule has 1 atom stereocenters. The first-order chi connectivity index (χ1) is 15.7. The van der Waals surface area contributed by atoms with Crippen LogP contribution < -0.4 is 16.0 Å². The Kier molecular flexibility index (Phi) is 5.69. The molecule has 0 aliphatic carbocycles. The van der Waals surface area contributed by atoms with Crippen LogP contribution in [-0.2, 0) is 4.79 Å². The van der Waals surface area contributed by atoms with Gasteiger partial charge in [-0.15, -0.1) is 0 Å². The number of phenols is 1. The predicted molar refractivity (Wildman–Crippen MR) is 120 cm³/mol. The number of carbonyl (C=O) groups is 1. The van der Waals surface area contributed by atoms with Crippen molar-refractivity contribution in [1.29, 1.82) is 0 Å². The van der Waals surface area contributed by atoms with E-state index in [1.807, 2.05) is 0 Å². The highest BCUT2D eigenvalue weighted by atomic mass is 35.5. The van der Waals surface area contributed by atoms with Gasteiger partial charge >= 0.3 is 5.69 Å². The van der Waals surface area contributed by atoms with Gasteiger partial charge in [0.15, 0.2) is 11.5 Å². The number of hydrazone groups is 1. The van der Waals surface area contributed by atoms with Gasteiger partial charge in [0, 0.05) is 18.4 Å². The molecule has 3 N–H and O–H groups in total. The lowest BCUT2D eigenvalue weighted by Gasteiger charge is -2.21. The minimum Gasteiger partial charge on any atom is -0.504 e. The summed E-state index contributed by atoms with van der Waals surface area (Å²) < 4.78 is 6.06. The number of hydrogen-bond donors (Lipinski definition) is 3. The van der Waals surface area contributed by atoms with Crippen LogP contribution in [0.1, 0.15) is 30.5 Å². The minimum atomic E-state index is -0.842. The summed E-state index contributed by atoms with van der Waals surface area (Å²) in [6.07, 6.45) is 0.0724. The Balaban J connectivity index is 1.82. The zero-order valence-electron chi connectivity index (χ0n) is 17.6. The van der Waals surface area contributed by atoms with E-state index < -0.39 is 29.1 Å². The van der Waals surface area contributed by atoms with Crippen molar-refractivity contribution in [2.75, 3.05) is 7.11 Å². The molecule has 0 bridgehead atoms. The minimum absolute atomic E-state index is 0.0705. The summed E-state index contributed by atoms with van der Waals surface area (Å²) in [6.45, 7) is 1.32. The Morgan fingerprint density at radius 1 is 1.18 bits per heavy atom. The van der Waals surface area contributed by atoms with E-state index in [2.05, 4.69) is 10.1 Å². The Hall–Kier alpha value is -4.05. The molecule has 33 heavy (non-hydrogen) atoms. The highest BCUT2D eigenvalue weighted by molar-refractivity contribution is 6.30. The van der Waals surface area contributed by atoms with Crippen LogP contribution in [0.2, 0.25) is 5.02 Å². The van der Waals surface area contributed by atoms with Crippen LogP contribution in [0.3, 0.4) is 0 Å². The second kappa shape index (κ2) is 8.47. The first-order valence-corrected chi connectivity index (χ1v) is 10.2. The first-order valence-electron chi connectivity index (χ1n) is 9.80. The number of aromatic nitrogens is 2. The molecule has 2 heterocycles. The van der Waals surface area contributed by atoms with Crippen LogP contribution >= 0.6 is 11.6 Å². The number of carbonyl (C=O) groups excluding carboxylic acids is 1. The van der Waals surface area contributed by atoms with Gasteiger partial charge in [-0.1, -0.05) is 17.7 Å². The average molecular weight is 471 g/mol. The molecule has 1 unspecified atom stereocenters. The van der Waals surface area contributed by atoms with Gasteiger partial charge in [0.25, 0.3) is 5.56 Å². The van der Waals surface area contributed by atoms with Crippen LogP contribution in [0.5, 0.6) is 17.4 Å². The number of nitrogens with zero attached hydrogens (tertiary/aromatic N) is 3. The van der Waals surface area contributed by atoms with Crippen LogP contribution in [-0.4, -0.2) is 43.5 Å². The molecule has 4 rings (SSSR count). The smallest absolute Gasteiger partial charge is 0.335 e. The fraction of sp³-hybridized carbons (Fsp3) is 0.182. The normalized spacial score (nSPS) is 15.4. The zero-order valence-corrected chi connectivity index (χ0v) is 18.3. The molecule has 0 saturated heterocycles. The number of aromatic amines is 1. The van der Waals surface area contributed by atoms with E-state index in [0.717, 1.165) is 4.57 Å². The number of benzene rings is 2. The van der Waals surface area contributed by atoms with E-state index >= 15 is 0 Å². The number of halogens is 1. The number of nitrogens with one attached hydrogen (secondary N) is 1. The molecular weight excluding hydrogens is 452 g/mol. The third-order valence-corrected chi connectivity index (χ3v) is 5.53. The number of methoxy groups -OCH3 is 1. The van der Waals surface area contributed by atoms with Crippen molar-refractivity contribution in [3.63, 3.8) is 0 Å². The molecule has 0 saturated carbocycles. The number of aromatic hydroxyl groups is 2. The summed E-state index contributed by atoms with van der Waals surface area (Å²) in [4.78, 5) is 39.6. The second-order valence-electron chi connectivity index (χ2n) is 7.33. The quantitative estimate of drug-likeness (QED) is 0.535. The van der Waals surface area contributed by atoms with Crippen LogP contribution in [0, 0.1) is 0 Å². The summed E-state index contributed by atoms with van der Waals surface area (Å²) in [5, 5.41) is 26.7. The number of rotatable bonds is 4. The Bertz CT molecular complexity index is 1390. The molecule has 1 aromatic heterocycles. The van der Waals surface area contributed by atoms with Gasteiger partial charge in [0.2, 0.25) is 11.8 Å². The fourth-order valence-electron chi connectivity index (χ4n) is 3.73. The molecule has 11 heteroatoms. The van der Waals surface area contributed by atoms with Gasteiger partial charge in [-0.25, -0.2) is 14.4 Å². The van der Waals surface area contributed by atoms with Crippen molar-refractivity contribution < 1.29 is 19.7 Å². The molecule has 10 nitrogen and oxygen atoms in total. The van der Waals surface area contributed by atoms with Crippen LogP contribution in [0.15, 0.2) is 57.2 Å². The first kappa shape index (κ1) is 22.2. The second-order valence-corrected chi connectivity index (χ2v) is 7.77. The van der Waals surface area contributed by atoms with Gasteiger partial charge in [-0.2, -0.15) is 5.10 Å². The summed E-state index contributed by atoms with van der Waals surface area (Å²) in [7, 11) is 1.40. The number of phenolic OH excluding ortho intramolecular Hbond substituents is 1. The van der Waals surface area contributed by atoms with E-state index in [1.54, 1.807) is 12.1 Å². The molecule has 1 aliphatic rings. The SMILES string of the molecule is COc1cc(C2CC(c3c(O)n(-c4ccc(Cl)cc4)c(=O)[nH]c3=O)=NN2C(C)=O)ccc1O. The maximum absolute atomic E-state index is 12.7. The third-order valence-electron chi connectivity index (χ3n) is 5.28. The lowest BCUT2D eigenvalue weighted by atomic mass is 9.98. The molecule has 0 fully saturated rings. The number of ether oxygens (including phenoxy) is 1. The maximum Gasteiger partial charge on any atom is 0.335 e. The lowest BCUT2D eigenvalue weighted by molar-refractivity contribution is -0.130. The van der Waals surface area contributed by atoms with Crippen LogP contribution in [0.4, 0.5) is 0 Å². The number of amides is 1. The summed E-state index contributed by atoms with van der Waals surface area (Å²) >= 11 is 5.90. The van der Waals surface area contributed by atoms with Gasteiger partial charge in [0.1, 0.15) is 5.56 Å². The average Bonchev–Trinajstić information content (AvgIpc) is 3.20. The highest BCUT2D eigenvalue weighted by Crippen LogP contribution is 2.37. The van der Waals surface area contributed by atoms with Crippen molar-refractivity contribution in [2.45, 2.75) is 19.4 Å². The van der Waals surface area contributed by atoms with Crippen LogP contribution in [0.25, 0.3) is 5.69 Å². The van der Waals surface area contributed by atoms with Gasteiger partial charge in [-0.3, -0.25) is 14.6 Å². The highest BCUT2D eigenvalue weighted by Gasteiger charge is 2.35. The molecular formula is C22H19ClN4O6. The van der Waals surface area contributed by atoms with Crippen molar-refractivity contribution in [3.8, 4) is 23.1 Å². The van der Waals surface area contributed by atoms with E-state index in [9.17, 15) is 24.6 Å². The predicted octanol–water partition coefficient (Wildman–Crippen LogP) is 2.30. The van der Waals surface area contributed by atoms with Crippen molar-refractivity contribution in [3.05, 3.63) is 79.5 Å². The molecule has 0 radical (unpaired) electrons. The van der Waals surface area contributed by atoms with E-state index in [-0.39, 0.29) is 34.9 Å². The molecule has 3 aromatic rings. The standard InChI is InChI=1S/C22H19ClN4O6/c1-11(28)27-16(12-3-8-17(29)18(9-12)33-2)10-15(25-27)19-20(30)24-22(32)26(21(19)31)14-6-4-13(23)5-7-14/h3-9,16,29,31H,10H2,1-2H3,(H,24,30,32). The maximum atomic E-state index is 12.7. The van der Waals surface area contributed by atoms with E-state index in [0.29, 0.717) is 10.6 Å². The Labute approximate surface area is 191 Å². The molecule has 1 aliphatic heterocycles. The lowest BCUT2D eigenvalue weighted by Crippen LogP contribution is -2.33. The molecule has 170 valence electrons. The van der Waals surface area contributed by atoms with Gasteiger partial charge in [0.05, 0.1) is 24.6 Å². The van der Waals surface area contributed by atoms with Gasteiger partial charge < -0.3 is 14.9 Å². The molecule has 1 amide bonds. The van der Waals surface area contributed by atoms with Crippen molar-refractivity contribution >= 4 is 23.2 Å². The van der Waals surface area contributed by atoms with Gasteiger partial charge in [-0.05, 0) is 42.0 Å². The van der Waals surface area contributed by atoms with E-state index in [1.165, 1.54) is 49.4 Å². The monoisotopic (exact) mass is 470 g/mol. The molecule has 0 spiro atoms. The Morgan fingerprint density at radius 3 is 2.52 bits per heavy atom. The third kappa shape index (κ3) is 3.96.